The summed E-state index contributed by atoms with van der Waals surface area (Å²) in [4.78, 5) is 6.55. The second kappa shape index (κ2) is 7.06. The highest BCUT2D eigenvalue weighted by atomic mass is 16.3. The number of anilines is 2. The normalized spacial score (nSPS) is 10.6. The van der Waals surface area contributed by atoms with Gasteiger partial charge in [-0.1, -0.05) is 31.5 Å². The first-order valence-electron chi connectivity index (χ1n) is 7.15. The SMILES string of the molecule is CCCCN(c1ccccc1)c1cc(C)ncc1CO. The van der Waals surface area contributed by atoms with Crippen molar-refractivity contribution in [2.75, 3.05) is 11.4 Å². The largest absolute Gasteiger partial charge is 0.392 e. The maximum absolute atomic E-state index is 9.56. The number of nitrogens with zero attached hydrogens (tertiary/aromatic N) is 2. The van der Waals surface area contributed by atoms with Crippen LogP contribution in [0, 0.1) is 6.92 Å². The second-order valence-corrected chi connectivity index (χ2v) is 4.95. The van der Waals surface area contributed by atoms with Gasteiger partial charge in [0.25, 0.3) is 0 Å². The van der Waals surface area contributed by atoms with Crippen molar-refractivity contribution in [2.45, 2.75) is 33.3 Å². The van der Waals surface area contributed by atoms with Crippen molar-refractivity contribution >= 4 is 11.4 Å². The highest BCUT2D eigenvalue weighted by Gasteiger charge is 2.13. The van der Waals surface area contributed by atoms with E-state index in [9.17, 15) is 5.11 Å². The van der Waals surface area contributed by atoms with Crippen molar-refractivity contribution in [1.29, 1.82) is 0 Å². The Morgan fingerprint density at radius 1 is 1.20 bits per heavy atom. The molecule has 2 rings (SSSR count). The topological polar surface area (TPSA) is 36.4 Å². The molecule has 1 N–H and O–H groups in total. The molecule has 0 saturated heterocycles. The van der Waals surface area contributed by atoms with Crippen LogP contribution in [-0.4, -0.2) is 16.6 Å². The zero-order valence-corrected chi connectivity index (χ0v) is 12.2. The maximum Gasteiger partial charge on any atom is 0.0717 e. The number of pyridine rings is 1. The van der Waals surface area contributed by atoms with Gasteiger partial charge in [-0.3, -0.25) is 4.98 Å². The number of hydrogen-bond acceptors (Lipinski definition) is 3. The van der Waals surface area contributed by atoms with Crippen LogP contribution in [0.4, 0.5) is 11.4 Å². The lowest BCUT2D eigenvalue weighted by Gasteiger charge is -2.27. The van der Waals surface area contributed by atoms with Crippen molar-refractivity contribution in [1.82, 2.24) is 4.98 Å². The van der Waals surface area contributed by atoms with E-state index in [2.05, 4.69) is 28.9 Å². The molecule has 0 fully saturated rings. The summed E-state index contributed by atoms with van der Waals surface area (Å²) >= 11 is 0. The molecule has 0 atom stereocenters. The fourth-order valence-corrected chi connectivity index (χ4v) is 2.26. The van der Waals surface area contributed by atoms with Crippen LogP contribution in [0.2, 0.25) is 0 Å². The van der Waals surface area contributed by atoms with Crippen LogP contribution in [0.25, 0.3) is 0 Å². The third kappa shape index (κ3) is 3.36. The van der Waals surface area contributed by atoms with Crippen LogP contribution in [0.5, 0.6) is 0 Å². The molecule has 0 spiro atoms. The van der Waals surface area contributed by atoms with Gasteiger partial charge in [0, 0.05) is 35.4 Å². The van der Waals surface area contributed by atoms with Gasteiger partial charge >= 0.3 is 0 Å². The first-order valence-corrected chi connectivity index (χ1v) is 7.15. The fourth-order valence-electron chi connectivity index (χ4n) is 2.26. The van der Waals surface area contributed by atoms with Gasteiger partial charge in [0.2, 0.25) is 0 Å². The van der Waals surface area contributed by atoms with E-state index >= 15 is 0 Å². The number of unbranched alkanes of at least 4 members (excludes halogenated alkanes) is 1. The summed E-state index contributed by atoms with van der Waals surface area (Å²) in [5.74, 6) is 0. The first-order chi connectivity index (χ1) is 9.76. The number of aliphatic hydroxyl groups excluding tert-OH is 1. The molecule has 20 heavy (non-hydrogen) atoms. The molecule has 0 unspecified atom stereocenters. The van der Waals surface area contributed by atoms with Crippen molar-refractivity contribution in [3.8, 4) is 0 Å². The van der Waals surface area contributed by atoms with Crippen molar-refractivity contribution < 1.29 is 5.11 Å². The molecular formula is C17H22N2O. The number of rotatable bonds is 6. The summed E-state index contributed by atoms with van der Waals surface area (Å²) in [5, 5.41) is 9.56. The minimum Gasteiger partial charge on any atom is -0.392 e. The predicted molar refractivity (Wildman–Crippen MR) is 83.3 cm³/mol. The molecule has 0 aliphatic carbocycles. The smallest absolute Gasteiger partial charge is 0.0717 e. The summed E-state index contributed by atoms with van der Waals surface area (Å²) in [6, 6.07) is 12.4. The maximum atomic E-state index is 9.56. The molecule has 1 aromatic heterocycles. The monoisotopic (exact) mass is 270 g/mol. The van der Waals surface area contributed by atoms with Gasteiger partial charge in [0.15, 0.2) is 0 Å². The first kappa shape index (κ1) is 14.5. The Morgan fingerprint density at radius 2 is 1.95 bits per heavy atom. The Kier molecular flexibility index (Phi) is 5.13. The molecule has 1 heterocycles. The average Bonchev–Trinajstić information content (AvgIpc) is 2.49. The lowest BCUT2D eigenvalue weighted by Crippen LogP contribution is -2.20. The minimum atomic E-state index is 0.0120. The van der Waals surface area contributed by atoms with E-state index in [0.29, 0.717) is 0 Å². The van der Waals surface area contributed by atoms with E-state index in [-0.39, 0.29) is 6.61 Å². The van der Waals surface area contributed by atoms with Crippen molar-refractivity contribution in [3.05, 3.63) is 53.9 Å². The Hall–Kier alpha value is -1.87. The average molecular weight is 270 g/mol. The Labute approximate surface area is 120 Å². The molecule has 106 valence electrons. The van der Waals surface area contributed by atoms with Gasteiger partial charge in [0.1, 0.15) is 0 Å². The number of aromatic nitrogens is 1. The zero-order valence-electron chi connectivity index (χ0n) is 12.2. The highest BCUT2D eigenvalue weighted by Crippen LogP contribution is 2.29. The van der Waals surface area contributed by atoms with E-state index in [4.69, 9.17) is 0 Å². The van der Waals surface area contributed by atoms with Gasteiger partial charge in [-0.05, 0) is 31.5 Å². The summed E-state index contributed by atoms with van der Waals surface area (Å²) in [7, 11) is 0. The summed E-state index contributed by atoms with van der Waals surface area (Å²) in [5.41, 5.74) is 4.05. The van der Waals surface area contributed by atoms with Crippen LogP contribution in [0.1, 0.15) is 31.0 Å². The van der Waals surface area contributed by atoms with E-state index in [1.54, 1.807) is 6.20 Å². The van der Waals surface area contributed by atoms with Crippen LogP contribution in [-0.2, 0) is 6.61 Å². The van der Waals surface area contributed by atoms with Crippen molar-refractivity contribution in [2.24, 2.45) is 0 Å². The quantitative estimate of drug-likeness (QED) is 0.867. The second-order valence-electron chi connectivity index (χ2n) is 4.95. The molecule has 0 saturated carbocycles. The molecule has 3 nitrogen and oxygen atoms in total. The van der Waals surface area contributed by atoms with E-state index in [1.807, 2.05) is 31.2 Å². The molecule has 0 aliphatic heterocycles. The molecule has 3 heteroatoms. The minimum absolute atomic E-state index is 0.0120. The third-order valence-corrected chi connectivity index (χ3v) is 3.36. The van der Waals surface area contributed by atoms with Crippen LogP contribution in [0.3, 0.4) is 0 Å². The molecule has 0 amide bonds. The number of aryl methyl sites for hydroxylation is 1. The van der Waals surface area contributed by atoms with Gasteiger partial charge in [0.05, 0.1) is 6.61 Å². The van der Waals surface area contributed by atoms with E-state index < -0.39 is 0 Å². The van der Waals surface area contributed by atoms with Gasteiger partial charge in [-0.15, -0.1) is 0 Å². The lowest BCUT2D eigenvalue weighted by molar-refractivity contribution is 0.281. The van der Waals surface area contributed by atoms with Crippen molar-refractivity contribution in [3.63, 3.8) is 0 Å². The molecule has 0 aliphatic rings. The molecular weight excluding hydrogens is 248 g/mol. The number of benzene rings is 1. The van der Waals surface area contributed by atoms with E-state index in [1.165, 1.54) is 0 Å². The number of aliphatic hydroxyl groups is 1. The number of para-hydroxylation sites is 1. The van der Waals surface area contributed by atoms with Gasteiger partial charge < -0.3 is 10.0 Å². The molecule has 0 radical (unpaired) electrons. The summed E-state index contributed by atoms with van der Waals surface area (Å²) < 4.78 is 0. The van der Waals surface area contributed by atoms with Gasteiger partial charge in [-0.25, -0.2) is 0 Å². The molecule has 2 aromatic rings. The molecule has 1 aromatic carbocycles. The lowest BCUT2D eigenvalue weighted by atomic mass is 10.1. The molecule has 0 bridgehead atoms. The Balaban J connectivity index is 2.43. The predicted octanol–water partition coefficient (Wildman–Crippen LogP) is 3.82. The highest BCUT2D eigenvalue weighted by molar-refractivity contribution is 5.66. The fraction of sp³-hybridized carbons (Fsp3) is 0.353. The van der Waals surface area contributed by atoms with E-state index in [0.717, 1.165) is 42.0 Å². The van der Waals surface area contributed by atoms with Crippen LogP contribution >= 0.6 is 0 Å². The Bertz CT molecular complexity index is 540. The summed E-state index contributed by atoms with van der Waals surface area (Å²) in [6.45, 7) is 5.12. The number of hydrogen-bond donors (Lipinski definition) is 1. The Morgan fingerprint density at radius 3 is 2.60 bits per heavy atom. The standard InChI is InChI=1S/C17H22N2O/c1-3-4-10-19(16-8-6-5-7-9-16)17-11-14(2)18-12-15(17)13-20/h5-9,11-12,20H,3-4,10,13H2,1-2H3. The van der Waals surface area contributed by atoms with Gasteiger partial charge in [-0.2, -0.15) is 0 Å². The van der Waals surface area contributed by atoms with Crippen LogP contribution < -0.4 is 4.90 Å². The zero-order chi connectivity index (χ0) is 14.4. The van der Waals surface area contributed by atoms with Crippen LogP contribution in [0.15, 0.2) is 42.6 Å². The summed E-state index contributed by atoms with van der Waals surface area (Å²) in [6.07, 6.45) is 4.02. The third-order valence-electron chi connectivity index (χ3n) is 3.36.